The van der Waals surface area contributed by atoms with Crippen molar-refractivity contribution in [1.29, 1.82) is 0 Å². The summed E-state index contributed by atoms with van der Waals surface area (Å²) >= 11 is 0. The maximum atomic E-state index is 12.8. The first kappa shape index (κ1) is 14.6. The van der Waals surface area contributed by atoms with E-state index in [4.69, 9.17) is 0 Å². The average Bonchev–Trinajstić information content (AvgIpc) is 2.87. The Bertz CT molecular complexity index is 624. The largest absolute Gasteiger partial charge is 0.333 e. The number of benzene rings is 1. The molecule has 0 unspecified atom stereocenters. The minimum atomic E-state index is -0.348. The minimum absolute atomic E-state index is 0.0455. The second-order valence-corrected chi connectivity index (χ2v) is 5.79. The van der Waals surface area contributed by atoms with Crippen LogP contribution in [-0.2, 0) is 4.79 Å². The van der Waals surface area contributed by atoms with E-state index in [9.17, 15) is 9.59 Å². The Morgan fingerprint density at radius 3 is 2.64 bits per heavy atom. The van der Waals surface area contributed by atoms with Crippen LogP contribution in [0.15, 0.2) is 41.6 Å². The summed E-state index contributed by atoms with van der Waals surface area (Å²) in [5.41, 5.74) is 2.49. The number of urea groups is 1. The topological polar surface area (TPSA) is 52.7 Å². The number of hydrogen-bond acceptors (Lipinski definition) is 2. The van der Waals surface area contributed by atoms with Gasteiger partial charge in [-0.1, -0.05) is 43.7 Å². The molecule has 0 bridgehead atoms. The van der Waals surface area contributed by atoms with E-state index in [2.05, 4.69) is 12.2 Å². The molecule has 5 nitrogen and oxygen atoms in total. The zero-order valence-corrected chi connectivity index (χ0v) is 13.0. The van der Waals surface area contributed by atoms with Crippen LogP contribution in [0, 0.1) is 0 Å². The van der Waals surface area contributed by atoms with Crippen LogP contribution in [0.4, 0.5) is 4.79 Å². The summed E-state index contributed by atoms with van der Waals surface area (Å²) in [6.07, 6.45) is 2.02. The fourth-order valence-corrected chi connectivity index (χ4v) is 3.05. The molecule has 1 N–H and O–H groups in total. The van der Waals surface area contributed by atoms with Crippen LogP contribution in [0.25, 0.3) is 0 Å². The van der Waals surface area contributed by atoms with Crippen LogP contribution in [0.3, 0.4) is 0 Å². The molecule has 2 aliphatic rings. The molecule has 0 fully saturated rings. The number of carbonyl (C=O) groups is 2. The summed E-state index contributed by atoms with van der Waals surface area (Å²) in [5, 5.41) is 2.94. The SMILES string of the molecule is CCCCN1CC2=C(C1=O)[C@H](c1ccccc1)NC(=O)N2C. The first-order valence-corrected chi connectivity index (χ1v) is 7.75. The van der Waals surface area contributed by atoms with Crippen LogP contribution >= 0.6 is 0 Å². The maximum Gasteiger partial charge on any atom is 0.322 e. The molecule has 22 heavy (non-hydrogen) atoms. The van der Waals surface area contributed by atoms with Crippen LogP contribution < -0.4 is 5.32 Å². The lowest BCUT2D eigenvalue weighted by Gasteiger charge is -2.31. The molecule has 0 saturated carbocycles. The van der Waals surface area contributed by atoms with E-state index in [1.165, 1.54) is 0 Å². The van der Waals surface area contributed by atoms with E-state index in [1.54, 1.807) is 11.9 Å². The summed E-state index contributed by atoms with van der Waals surface area (Å²) in [6, 6.07) is 9.17. The maximum absolute atomic E-state index is 12.8. The van der Waals surface area contributed by atoms with Crippen molar-refractivity contribution in [2.24, 2.45) is 0 Å². The molecule has 116 valence electrons. The zero-order valence-electron chi connectivity index (χ0n) is 13.0. The van der Waals surface area contributed by atoms with Crippen molar-refractivity contribution in [3.8, 4) is 0 Å². The van der Waals surface area contributed by atoms with Crippen molar-refractivity contribution in [2.75, 3.05) is 20.1 Å². The Labute approximate surface area is 130 Å². The highest BCUT2D eigenvalue weighted by atomic mass is 16.2. The number of amides is 3. The number of hydrogen-bond donors (Lipinski definition) is 1. The summed E-state index contributed by atoms with van der Waals surface area (Å²) in [7, 11) is 1.72. The van der Waals surface area contributed by atoms with Gasteiger partial charge in [-0.15, -0.1) is 0 Å². The van der Waals surface area contributed by atoms with Crippen LogP contribution in [0.2, 0.25) is 0 Å². The van der Waals surface area contributed by atoms with E-state index in [0.29, 0.717) is 12.1 Å². The van der Waals surface area contributed by atoms with E-state index >= 15 is 0 Å². The van der Waals surface area contributed by atoms with Gasteiger partial charge >= 0.3 is 6.03 Å². The third kappa shape index (κ3) is 2.36. The highest BCUT2D eigenvalue weighted by molar-refractivity contribution is 6.01. The molecule has 5 heteroatoms. The van der Waals surface area contributed by atoms with E-state index in [1.807, 2.05) is 35.2 Å². The molecule has 0 saturated heterocycles. The Morgan fingerprint density at radius 1 is 1.23 bits per heavy atom. The van der Waals surface area contributed by atoms with Gasteiger partial charge < -0.3 is 10.2 Å². The van der Waals surface area contributed by atoms with Crippen molar-refractivity contribution >= 4 is 11.9 Å². The van der Waals surface area contributed by atoms with Crippen LogP contribution in [0.1, 0.15) is 31.4 Å². The van der Waals surface area contributed by atoms with Gasteiger partial charge in [0.05, 0.1) is 23.9 Å². The van der Waals surface area contributed by atoms with Crippen molar-refractivity contribution in [3.05, 3.63) is 47.2 Å². The number of likely N-dealkylation sites (N-methyl/N-ethyl adjacent to an activating group) is 1. The molecule has 1 aromatic carbocycles. The molecule has 0 spiro atoms. The highest BCUT2D eigenvalue weighted by Gasteiger charge is 2.42. The van der Waals surface area contributed by atoms with Gasteiger partial charge in [-0.05, 0) is 12.0 Å². The lowest BCUT2D eigenvalue weighted by Crippen LogP contribution is -2.45. The molecular formula is C17H21N3O2. The lowest BCUT2D eigenvalue weighted by atomic mass is 9.96. The molecule has 2 aliphatic heterocycles. The standard InChI is InChI=1S/C17H21N3O2/c1-3-4-10-20-11-13-14(16(20)21)15(18-17(22)19(13)2)12-8-6-5-7-9-12/h5-9,15H,3-4,10-11H2,1-2H3,(H,18,22)/t15-/m0/s1. The van der Waals surface area contributed by atoms with Gasteiger partial charge in [0.15, 0.2) is 0 Å². The quantitative estimate of drug-likeness (QED) is 0.927. The van der Waals surface area contributed by atoms with Gasteiger partial charge in [-0.2, -0.15) is 0 Å². The number of nitrogens with zero attached hydrogens (tertiary/aromatic N) is 2. The zero-order chi connectivity index (χ0) is 15.7. The first-order chi connectivity index (χ1) is 10.6. The molecule has 2 heterocycles. The molecule has 0 aromatic heterocycles. The molecule has 1 atom stereocenters. The minimum Gasteiger partial charge on any atom is -0.333 e. The van der Waals surface area contributed by atoms with Gasteiger partial charge in [0, 0.05) is 13.6 Å². The van der Waals surface area contributed by atoms with Gasteiger partial charge in [0.1, 0.15) is 0 Å². The van der Waals surface area contributed by atoms with Crippen LogP contribution in [-0.4, -0.2) is 41.9 Å². The van der Waals surface area contributed by atoms with Gasteiger partial charge in [0.2, 0.25) is 0 Å². The smallest absolute Gasteiger partial charge is 0.322 e. The predicted molar refractivity (Wildman–Crippen MR) is 84.0 cm³/mol. The highest BCUT2D eigenvalue weighted by Crippen LogP contribution is 2.35. The molecular weight excluding hydrogens is 278 g/mol. The summed E-state index contributed by atoms with van der Waals surface area (Å²) in [4.78, 5) is 28.4. The van der Waals surface area contributed by atoms with E-state index in [0.717, 1.165) is 30.6 Å². The normalized spacial score (nSPS) is 21.3. The lowest BCUT2D eigenvalue weighted by molar-refractivity contribution is -0.125. The van der Waals surface area contributed by atoms with Gasteiger partial charge in [-0.3, -0.25) is 9.69 Å². The molecule has 0 aliphatic carbocycles. The van der Waals surface area contributed by atoms with E-state index in [-0.39, 0.29) is 18.0 Å². The molecule has 3 rings (SSSR count). The Morgan fingerprint density at radius 2 is 1.95 bits per heavy atom. The third-order valence-electron chi connectivity index (χ3n) is 4.35. The number of carbonyl (C=O) groups excluding carboxylic acids is 2. The summed E-state index contributed by atoms with van der Waals surface area (Å²) < 4.78 is 0. The fourth-order valence-electron chi connectivity index (χ4n) is 3.05. The monoisotopic (exact) mass is 299 g/mol. The second-order valence-electron chi connectivity index (χ2n) is 5.79. The van der Waals surface area contributed by atoms with Crippen molar-refractivity contribution in [3.63, 3.8) is 0 Å². The van der Waals surface area contributed by atoms with Crippen LogP contribution in [0.5, 0.6) is 0 Å². The number of nitrogens with one attached hydrogen (secondary N) is 1. The third-order valence-corrected chi connectivity index (χ3v) is 4.35. The first-order valence-electron chi connectivity index (χ1n) is 7.75. The van der Waals surface area contributed by atoms with Crippen molar-refractivity contribution < 1.29 is 9.59 Å². The average molecular weight is 299 g/mol. The Kier molecular flexibility index (Phi) is 3.88. The molecule has 3 amide bonds. The molecule has 0 radical (unpaired) electrons. The Balaban J connectivity index is 1.96. The van der Waals surface area contributed by atoms with Gasteiger partial charge in [-0.25, -0.2) is 4.79 Å². The summed E-state index contributed by atoms with van der Waals surface area (Å²) in [6.45, 7) is 3.38. The predicted octanol–water partition coefficient (Wildman–Crippen LogP) is 2.28. The summed E-state index contributed by atoms with van der Waals surface area (Å²) in [5.74, 6) is 0.0455. The Hall–Kier alpha value is -2.30. The van der Waals surface area contributed by atoms with Gasteiger partial charge in [0.25, 0.3) is 5.91 Å². The van der Waals surface area contributed by atoms with Crippen molar-refractivity contribution in [2.45, 2.75) is 25.8 Å². The number of rotatable bonds is 4. The fraction of sp³-hybridized carbons (Fsp3) is 0.412. The molecule has 1 aromatic rings. The van der Waals surface area contributed by atoms with E-state index < -0.39 is 0 Å². The second kappa shape index (κ2) is 5.83. The van der Waals surface area contributed by atoms with Crippen molar-refractivity contribution in [1.82, 2.24) is 15.1 Å². The number of unbranched alkanes of at least 4 members (excludes halogenated alkanes) is 1.